The SMILES string of the molecule is COC(=O)c1ccccc1NC(=O)CSc1ccc(NC(=O)/C(=C/c2ccccc2C)NC(=O)c2ccccc2)cc1. The van der Waals surface area contributed by atoms with E-state index in [0.29, 0.717) is 16.9 Å². The highest BCUT2D eigenvalue weighted by molar-refractivity contribution is 8.00. The first-order chi connectivity index (χ1) is 20.3. The van der Waals surface area contributed by atoms with E-state index in [4.69, 9.17) is 4.74 Å². The van der Waals surface area contributed by atoms with Crippen molar-refractivity contribution >= 4 is 52.9 Å². The van der Waals surface area contributed by atoms with Gasteiger partial charge in [0.05, 0.1) is 24.1 Å². The summed E-state index contributed by atoms with van der Waals surface area (Å²) in [6.45, 7) is 1.93. The summed E-state index contributed by atoms with van der Waals surface area (Å²) in [4.78, 5) is 51.4. The summed E-state index contributed by atoms with van der Waals surface area (Å²) < 4.78 is 4.77. The molecule has 0 heterocycles. The van der Waals surface area contributed by atoms with Crippen LogP contribution in [0.4, 0.5) is 11.4 Å². The average Bonchev–Trinajstić information content (AvgIpc) is 3.01. The van der Waals surface area contributed by atoms with Gasteiger partial charge in [-0.15, -0.1) is 11.8 Å². The number of methoxy groups -OCH3 is 1. The molecule has 0 unspecified atom stereocenters. The van der Waals surface area contributed by atoms with E-state index in [2.05, 4.69) is 16.0 Å². The van der Waals surface area contributed by atoms with E-state index in [1.54, 1.807) is 78.9 Å². The standard InChI is InChI=1S/C33H29N3O5S/c1-22-10-6-7-13-24(22)20-29(36-31(38)23-11-4-3-5-12-23)32(39)34-25-16-18-26(19-17-25)42-21-30(37)35-28-15-9-8-14-27(28)33(40)41-2/h3-20H,21H2,1-2H3,(H,34,39)(H,35,37)(H,36,38)/b29-20-. The molecular weight excluding hydrogens is 550 g/mol. The molecule has 212 valence electrons. The molecule has 42 heavy (non-hydrogen) atoms. The van der Waals surface area contributed by atoms with E-state index >= 15 is 0 Å². The van der Waals surface area contributed by atoms with Crippen LogP contribution < -0.4 is 16.0 Å². The molecule has 8 nitrogen and oxygen atoms in total. The number of esters is 1. The molecule has 0 saturated carbocycles. The average molecular weight is 580 g/mol. The van der Waals surface area contributed by atoms with Crippen molar-refractivity contribution in [3.63, 3.8) is 0 Å². The van der Waals surface area contributed by atoms with Gasteiger partial charge in [-0.05, 0) is 72.7 Å². The number of thioether (sulfide) groups is 1. The highest BCUT2D eigenvalue weighted by Crippen LogP contribution is 2.22. The fourth-order valence-corrected chi connectivity index (χ4v) is 4.59. The predicted octanol–water partition coefficient (Wildman–Crippen LogP) is 5.92. The minimum absolute atomic E-state index is 0.0977. The molecule has 3 N–H and O–H groups in total. The fraction of sp³-hybridized carbons (Fsp3) is 0.0909. The van der Waals surface area contributed by atoms with Crippen LogP contribution in [0.1, 0.15) is 31.8 Å². The highest BCUT2D eigenvalue weighted by atomic mass is 32.2. The number of para-hydroxylation sites is 1. The van der Waals surface area contributed by atoms with Crippen LogP contribution in [0.5, 0.6) is 0 Å². The molecule has 4 aromatic rings. The Kier molecular flexibility index (Phi) is 10.3. The number of carbonyl (C=O) groups excluding carboxylic acids is 4. The topological polar surface area (TPSA) is 114 Å². The third kappa shape index (κ3) is 8.18. The van der Waals surface area contributed by atoms with Gasteiger partial charge in [-0.2, -0.15) is 0 Å². The van der Waals surface area contributed by atoms with E-state index in [-0.39, 0.29) is 22.9 Å². The van der Waals surface area contributed by atoms with Crippen molar-refractivity contribution < 1.29 is 23.9 Å². The predicted molar refractivity (Wildman–Crippen MR) is 165 cm³/mol. The summed E-state index contributed by atoms with van der Waals surface area (Å²) in [6.07, 6.45) is 1.65. The smallest absolute Gasteiger partial charge is 0.339 e. The second-order valence-electron chi connectivity index (χ2n) is 9.09. The molecule has 0 spiro atoms. The van der Waals surface area contributed by atoms with Crippen LogP contribution in [0.2, 0.25) is 0 Å². The Morgan fingerprint density at radius 1 is 0.786 bits per heavy atom. The van der Waals surface area contributed by atoms with Crippen LogP contribution in [0.15, 0.2) is 114 Å². The maximum Gasteiger partial charge on any atom is 0.339 e. The lowest BCUT2D eigenvalue weighted by Gasteiger charge is -2.12. The van der Waals surface area contributed by atoms with E-state index in [1.165, 1.54) is 18.9 Å². The van der Waals surface area contributed by atoms with Crippen molar-refractivity contribution in [1.29, 1.82) is 0 Å². The molecule has 3 amide bonds. The number of hydrogen-bond acceptors (Lipinski definition) is 6. The number of hydrogen-bond donors (Lipinski definition) is 3. The molecule has 0 atom stereocenters. The Bertz CT molecular complexity index is 1620. The van der Waals surface area contributed by atoms with Crippen molar-refractivity contribution in [2.45, 2.75) is 11.8 Å². The van der Waals surface area contributed by atoms with Gasteiger partial charge in [0.15, 0.2) is 0 Å². The maximum absolute atomic E-state index is 13.3. The summed E-state index contributed by atoms with van der Waals surface area (Å²) in [5.41, 5.74) is 3.45. The minimum atomic E-state index is -0.535. The van der Waals surface area contributed by atoms with E-state index in [9.17, 15) is 19.2 Å². The van der Waals surface area contributed by atoms with Gasteiger partial charge >= 0.3 is 5.97 Å². The lowest BCUT2D eigenvalue weighted by molar-refractivity contribution is -0.114. The molecular formula is C33H29N3O5S. The van der Waals surface area contributed by atoms with Crippen LogP contribution in [0.3, 0.4) is 0 Å². The Morgan fingerprint density at radius 3 is 2.17 bits per heavy atom. The largest absolute Gasteiger partial charge is 0.465 e. The normalized spacial score (nSPS) is 10.9. The number of ether oxygens (including phenoxy) is 1. The van der Waals surface area contributed by atoms with Gasteiger partial charge in [0, 0.05) is 16.1 Å². The van der Waals surface area contributed by atoms with Crippen LogP contribution in [0.25, 0.3) is 6.08 Å². The van der Waals surface area contributed by atoms with Crippen molar-refractivity contribution in [3.05, 3.63) is 131 Å². The first-order valence-corrected chi connectivity index (χ1v) is 14.0. The summed E-state index contributed by atoms with van der Waals surface area (Å²) in [5, 5.41) is 8.31. The molecule has 0 bridgehead atoms. The molecule has 4 aromatic carbocycles. The second kappa shape index (κ2) is 14.5. The first-order valence-electron chi connectivity index (χ1n) is 13.0. The Hall–Kier alpha value is -5.15. The number of benzene rings is 4. The number of amides is 3. The van der Waals surface area contributed by atoms with Gasteiger partial charge in [0.25, 0.3) is 11.8 Å². The Labute approximate surface area is 248 Å². The van der Waals surface area contributed by atoms with Gasteiger partial charge in [0.2, 0.25) is 5.91 Å². The maximum atomic E-state index is 13.3. The molecule has 0 aromatic heterocycles. The Morgan fingerprint density at radius 2 is 1.45 bits per heavy atom. The second-order valence-corrected chi connectivity index (χ2v) is 10.1. The van der Waals surface area contributed by atoms with Gasteiger partial charge in [-0.25, -0.2) is 4.79 Å². The zero-order valence-electron chi connectivity index (χ0n) is 23.0. The zero-order valence-corrected chi connectivity index (χ0v) is 23.9. The van der Waals surface area contributed by atoms with Crippen LogP contribution >= 0.6 is 11.8 Å². The van der Waals surface area contributed by atoms with Crippen LogP contribution in [-0.4, -0.2) is 36.6 Å². The summed E-state index contributed by atoms with van der Waals surface area (Å²) >= 11 is 1.30. The number of anilines is 2. The van der Waals surface area contributed by atoms with Gasteiger partial charge in [0.1, 0.15) is 5.70 Å². The monoisotopic (exact) mass is 579 g/mol. The minimum Gasteiger partial charge on any atom is -0.465 e. The van der Waals surface area contributed by atoms with Gasteiger partial charge < -0.3 is 20.7 Å². The molecule has 9 heteroatoms. The number of aryl methyl sites for hydroxylation is 1. The molecule has 4 rings (SSSR count). The van der Waals surface area contributed by atoms with E-state index < -0.39 is 17.8 Å². The van der Waals surface area contributed by atoms with Crippen molar-refractivity contribution in [2.75, 3.05) is 23.5 Å². The van der Waals surface area contributed by atoms with Crippen LogP contribution in [-0.2, 0) is 14.3 Å². The quantitative estimate of drug-likeness (QED) is 0.122. The third-order valence-electron chi connectivity index (χ3n) is 6.11. The van der Waals surface area contributed by atoms with Crippen molar-refractivity contribution in [1.82, 2.24) is 5.32 Å². The molecule has 0 radical (unpaired) electrons. The van der Waals surface area contributed by atoms with Gasteiger partial charge in [-0.3, -0.25) is 14.4 Å². The molecule has 0 aliphatic carbocycles. The Balaban J connectivity index is 1.40. The fourth-order valence-electron chi connectivity index (χ4n) is 3.89. The molecule has 0 fully saturated rings. The van der Waals surface area contributed by atoms with Crippen LogP contribution in [0, 0.1) is 6.92 Å². The van der Waals surface area contributed by atoms with Crippen molar-refractivity contribution in [3.8, 4) is 0 Å². The summed E-state index contributed by atoms with van der Waals surface area (Å²) in [6, 6.07) is 29.8. The molecule has 0 saturated heterocycles. The third-order valence-corrected chi connectivity index (χ3v) is 7.12. The van der Waals surface area contributed by atoms with Crippen molar-refractivity contribution in [2.24, 2.45) is 0 Å². The number of rotatable bonds is 10. The van der Waals surface area contributed by atoms with E-state index in [1.807, 2.05) is 37.3 Å². The highest BCUT2D eigenvalue weighted by Gasteiger charge is 2.16. The van der Waals surface area contributed by atoms with E-state index in [0.717, 1.165) is 16.0 Å². The lowest BCUT2D eigenvalue weighted by atomic mass is 10.1. The molecule has 0 aliphatic rings. The summed E-state index contributed by atoms with van der Waals surface area (Å²) in [5.74, 6) is -1.59. The number of carbonyl (C=O) groups is 4. The van der Waals surface area contributed by atoms with Gasteiger partial charge in [-0.1, -0.05) is 54.6 Å². The zero-order chi connectivity index (χ0) is 29.9. The first kappa shape index (κ1) is 29.8. The lowest BCUT2D eigenvalue weighted by Crippen LogP contribution is -2.30. The molecule has 0 aliphatic heterocycles. The number of nitrogens with one attached hydrogen (secondary N) is 3. The summed E-state index contributed by atoms with van der Waals surface area (Å²) in [7, 11) is 1.28.